The van der Waals surface area contributed by atoms with Gasteiger partial charge in [0.1, 0.15) is 0 Å². The van der Waals surface area contributed by atoms with Gasteiger partial charge < -0.3 is 25.0 Å². The number of rotatable bonds is 12. The molecule has 26 heavy (non-hydrogen) atoms. The lowest BCUT2D eigenvalue weighted by molar-refractivity contribution is 0.0487. The summed E-state index contributed by atoms with van der Waals surface area (Å²) >= 11 is 0. The Balaban J connectivity index is 0.00000625. The fourth-order valence-electron chi connectivity index (χ4n) is 2.67. The second-order valence-corrected chi connectivity index (χ2v) is 6.65. The average Bonchev–Trinajstić information content (AvgIpc) is 2.63. The molecule has 8 heteroatoms. The number of halogens is 1. The van der Waals surface area contributed by atoms with Crippen LogP contribution in [0, 0.1) is 0 Å². The van der Waals surface area contributed by atoms with Crippen LogP contribution in [0.25, 0.3) is 0 Å². The van der Waals surface area contributed by atoms with Crippen LogP contribution in [0.1, 0.15) is 26.7 Å². The first-order chi connectivity index (χ1) is 12.2. The topological polar surface area (TPSA) is 61.4 Å². The van der Waals surface area contributed by atoms with Crippen molar-refractivity contribution in [3.8, 4) is 0 Å². The number of ether oxygens (including phenoxy) is 2. The fourth-order valence-corrected chi connectivity index (χ4v) is 2.67. The Hall–Kier alpha value is -0.160. The van der Waals surface area contributed by atoms with Crippen LogP contribution >= 0.6 is 24.0 Å². The Labute approximate surface area is 177 Å². The van der Waals surface area contributed by atoms with Crippen molar-refractivity contribution in [2.75, 3.05) is 79.8 Å². The molecule has 1 rings (SSSR count). The average molecular weight is 485 g/mol. The molecule has 156 valence electrons. The molecular weight excluding hydrogens is 445 g/mol. The first-order valence-electron chi connectivity index (χ1n) is 9.70. The molecule has 1 aliphatic heterocycles. The van der Waals surface area contributed by atoms with E-state index in [0.717, 1.165) is 58.3 Å². The van der Waals surface area contributed by atoms with Gasteiger partial charge in [0, 0.05) is 59.0 Å². The van der Waals surface area contributed by atoms with E-state index in [2.05, 4.69) is 46.3 Å². The van der Waals surface area contributed by atoms with Gasteiger partial charge in [0.05, 0.1) is 19.8 Å². The van der Waals surface area contributed by atoms with E-state index < -0.39 is 0 Å². The summed E-state index contributed by atoms with van der Waals surface area (Å²) in [6.45, 7) is 13.5. The molecule has 0 saturated carbocycles. The van der Waals surface area contributed by atoms with E-state index in [0.29, 0.717) is 25.9 Å². The van der Waals surface area contributed by atoms with Crippen LogP contribution in [0.3, 0.4) is 0 Å². The van der Waals surface area contributed by atoms with Crippen molar-refractivity contribution in [3.63, 3.8) is 0 Å². The predicted octanol–water partition coefficient (Wildman–Crippen LogP) is 1.24. The fraction of sp³-hybridized carbons (Fsp3) is 0.944. The van der Waals surface area contributed by atoms with Gasteiger partial charge in [-0.2, -0.15) is 0 Å². The smallest absolute Gasteiger partial charge is 0.191 e. The standard InChI is InChI=1S/C18H39N5O2.HI/c1-5-6-12-24-14-15-25-13-7-20-18(19-3)21-16-17(2)23-10-8-22(4)9-11-23;/h17H,5-16H2,1-4H3,(H2,19,20,21);1H. The molecule has 0 aromatic rings. The van der Waals surface area contributed by atoms with Gasteiger partial charge in [0.25, 0.3) is 0 Å². The molecule has 0 spiro atoms. The van der Waals surface area contributed by atoms with E-state index >= 15 is 0 Å². The van der Waals surface area contributed by atoms with Crippen LogP contribution in [0.15, 0.2) is 4.99 Å². The number of piperazine rings is 1. The first kappa shape index (κ1) is 25.8. The van der Waals surface area contributed by atoms with Gasteiger partial charge >= 0.3 is 0 Å². The maximum absolute atomic E-state index is 5.56. The van der Waals surface area contributed by atoms with Crippen molar-refractivity contribution in [1.82, 2.24) is 20.4 Å². The molecule has 0 amide bonds. The summed E-state index contributed by atoms with van der Waals surface area (Å²) in [5, 5.41) is 6.70. The van der Waals surface area contributed by atoms with Crippen LogP contribution in [0.4, 0.5) is 0 Å². The third kappa shape index (κ3) is 12.3. The van der Waals surface area contributed by atoms with Crippen molar-refractivity contribution in [1.29, 1.82) is 0 Å². The highest BCUT2D eigenvalue weighted by Crippen LogP contribution is 2.03. The van der Waals surface area contributed by atoms with Crippen molar-refractivity contribution in [3.05, 3.63) is 0 Å². The molecule has 7 nitrogen and oxygen atoms in total. The van der Waals surface area contributed by atoms with E-state index in [-0.39, 0.29) is 24.0 Å². The number of hydrogen-bond acceptors (Lipinski definition) is 5. The number of unbranched alkanes of at least 4 members (excludes halogenated alkanes) is 1. The van der Waals surface area contributed by atoms with Crippen LogP contribution in [-0.2, 0) is 9.47 Å². The first-order valence-corrected chi connectivity index (χ1v) is 9.70. The Morgan fingerprint density at radius 3 is 2.31 bits per heavy atom. The highest BCUT2D eigenvalue weighted by molar-refractivity contribution is 14.0. The summed E-state index contributed by atoms with van der Waals surface area (Å²) in [6, 6.07) is 0.503. The molecule has 2 N–H and O–H groups in total. The van der Waals surface area contributed by atoms with Gasteiger partial charge in [-0.05, 0) is 20.4 Å². The summed E-state index contributed by atoms with van der Waals surface area (Å²) in [7, 11) is 3.99. The molecule has 1 fully saturated rings. The van der Waals surface area contributed by atoms with Crippen molar-refractivity contribution < 1.29 is 9.47 Å². The summed E-state index contributed by atoms with van der Waals surface area (Å²) in [5.41, 5.74) is 0. The molecule has 1 unspecified atom stereocenters. The number of nitrogens with one attached hydrogen (secondary N) is 2. The zero-order valence-corrected chi connectivity index (χ0v) is 19.5. The number of guanidine groups is 1. The Morgan fingerprint density at radius 1 is 1.04 bits per heavy atom. The highest BCUT2D eigenvalue weighted by atomic mass is 127. The number of likely N-dealkylation sites (N-methyl/N-ethyl adjacent to an activating group) is 1. The van der Waals surface area contributed by atoms with Gasteiger partial charge in [-0.1, -0.05) is 13.3 Å². The van der Waals surface area contributed by atoms with E-state index in [9.17, 15) is 0 Å². The third-order valence-electron chi connectivity index (χ3n) is 4.50. The molecule has 0 bridgehead atoms. The minimum Gasteiger partial charge on any atom is -0.379 e. The van der Waals surface area contributed by atoms with Crippen LogP contribution in [0.5, 0.6) is 0 Å². The Kier molecular flexibility index (Phi) is 16.9. The maximum atomic E-state index is 5.56. The monoisotopic (exact) mass is 485 g/mol. The summed E-state index contributed by atoms with van der Waals surface area (Å²) < 4.78 is 11.0. The highest BCUT2D eigenvalue weighted by Gasteiger charge is 2.18. The van der Waals surface area contributed by atoms with Gasteiger partial charge in [-0.3, -0.25) is 9.89 Å². The van der Waals surface area contributed by atoms with Gasteiger partial charge in [0.15, 0.2) is 5.96 Å². The summed E-state index contributed by atoms with van der Waals surface area (Å²) in [5.74, 6) is 0.837. The maximum Gasteiger partial charge on any atom is 0.191 e. The van der Waals surface area contributed by atoms with Gasteiger partial charge in [-0.15, -0.1) is 24.0 Å². The molecule has 0 aromatic carbocycles. The van der Waals surface area contributed by atoms with Crippen molar-refractivity contribution in [2.45, 2.75) is 32.7 Å². The number of hydrogen-bond donors (Lipinski definition) is 2. The van der Waals surface area contributed by atoms with Crippen LogP contribution in [0.2, 0.25) is 0 Å². The zero-order valence-electron chi connectivity index (χ0n) is 17.1. The third-order valence-corrected chi connectivity index (χ3v) is 4.50. The lowest BCUT2D eigenvalue weighted by atomic mass is 10.2. The number of aliphatic imine (C=N–C) groups is 1. The zero-order chi connectivity index (χ0) is 18.3. The summed E-state index contributed by atoms with van der Waals surface area (Å²) in [6.07, 6.45) is 2.29. The Bertz CT molecular complexity index is 352. The largest absolute Gasteiger partial charge is 0.379 e. The quantitative estimate of drug-likeness (QED) is 0.188. The SMILES string of the molecule is CCCCOCCOCCNC(=NC)NCC(C)N1CCN(C)CC1.I. The molecular formula is C18H40IN5O2. The molecule has 1 saturated heterocycles. The molecule has 1 heterocycles. The van der Waals surface area contributed by atoms with Gasteiger partial charge in [0.2, 0.25) is 0 Å². The predicted molar refractivity (Wildman–Crippen MR) is 120 cm³/mol. The minimum atomic E-state index is 0. The lowest BCUT2D eigenvalue weighted by Gasteiger charge is -2.36. The van der Waals surface area contributed by atoms with E-state index in [1.54, 1.807) is 7.05 Å². The molecule has 0 radical (unpaired) electrons. The number of nitrogens with zero attached hydrogens (tertiary/aromatic N) is 3. The van der Waals surface area contributed by atoms with Crippen LogP contribution < -0.4 is 10.6 Å². The van der Waals surface area contributed by atoms with E-state index in [4.69, 9.17) is 9.47 Å². The van der Waals surface area contributed by atoms with E-state index in [1.807, 2.05) is 0 Å². The van der Waals surface area contributed by atoms with Crippen molar-refractivity contribution >= 4 is 29.9 Å². The second-order valence-electron chi connectivity index (χ2n) is 6.65. The summed E-state index contributed by atoms with van der Waals surface area (Å²) in [4.78, 5) is 9.18. The molecule has 1 atom stereocenters. The molecule has 0 aromatic heterocycles. The second kappa shape index (κ2) is 17.0. The normalized spacial score (nSPS) is 17.6. The van der Waals surface area contributed by atoms with Crippen molar-refractivity contribution in [2.24, 2.45) is 4.99 Å². The lowest BCUT2D eigenvalue weighted by Crippen LogP contribution is -2.52. The molecule has 1 aliphatic rings. The minimum absolute atomic E-state index is 0. The van der Waals surface area contributed by atoms with Gasteiger partial charge in [-0.25, -0.2) is 0 Å². The van der Waals surface area contributed by atoms with Crippen LogP contribution in [-0.4, -0.2) is 102 Å². The van der Waals surface area contributed by atoms with E-state index in [1.165, 1.54) is 6.42 Å². The Morgan fingerprint density at radius 2 is 1.69 bits per heavy atom. The molecule has 0 aliphatic carbocycles.